The summed E-state index contributed by atoms with van der Waals surface area (Å²) >= 11 is 3.60. The molecule has 0 aliphatic rings. The maximum absolute atomic E-state index is 5.23. The Hall–Kier alpha value is -6.60. The van der Waals surface area contributed by atoms with Crippen molar-refractivity contribution in [3.8, 4) is 55.9 Å². The van der Waals surface area contributed by atoms with Gasteiger partial charge in [-0.2, -0.15) is 0 Å². The number of benzene rings is 8. The number of fused-ring (bicyclic) bond motifs is 6. The van der Waals surface area contributed by atoms with Crippen LogP contribution in [0.4, 0.5) is 0 Å². The fourth-order valence-electron chi connectivity index (χ4n) is 7.61. The lowest BCUT2D eigenvalue weighted by molar-refractivity contribution is 1.08. The van der Waals surface area contributed by atoms with E-state index in [1.165, 1.54) is 41.4 Å². The normalized spacial score (nSPS) is 11.7. The summed E-state index contributed by atoms with van der Waals surface area (Å²) in [7, 11) is 0. The van der Waals surface area contributed by atoms with Crippen LogP contribution in [0.1, 0.15) is 0 Å². The average Bonchev–Trinajstić information content (AvgIpc) is 3.84. The minimum absolute atomic E-state index is 0.642. The second kappa shape index (κ2) is 12.5. The van der Waals surface area contributed by atoms with E-state index in [0.29, 0.717) is 17.5 Å². The van der Waals surface area contributed by atoms with E-state index in [9.17, 15) is 0 Å². The molecule has 0 bridgehead atoms. The van der Waals surface area contributed by atoms with Crippen molar-refractivity contribution in [3.63, 3.8) is 0 Å². The molecule has 4 nitrogen and oxygen atoms in total. The third-order valence-electron chi connectivity index (χ3n) is 10.2. The molecule has 0 aliphatic carbocycles. The molecule has 0 saturated heterocycles. The van der Waals surface area contributed by atoms with E-state index in [-0.39, 0.29) is 0 Å². The quantitative estimate of drug-likeness (QED) is 0.177. The Morgan fingerprint density at radius 2 is 0.981 bits per heavy atom. The fraction of sp³-hybridized carbons (Fsp3) is 0. The Kier molecular flexibility index (Phi) is 7.18. The molecule has 0 atom stereocenters. The highest BCUT2D eigenvalue weighted by molar-refractivity contribution is 7.26. The molecule has 3 aromatic heterocycles. The van der Waals surface area contributed by atoms with Crippen LogP contribution in [0.5, 0.6) is 0 Å². The van der Waals surface area contributed by atoms with Crippen LogP contribution >= 0.6 is 22.7 Å². The Bertz CT molecular complexity index is 3220. The third kappa shape index (κ3) is 5.11. The number of aromatic nitrogens is 4. The summed E-state index contributed by atoms with van der Waals surface area (Å²) in [5, 5.41) is 8.11. The van der Waals surface area contributed by atoms with Crippen LogP contribution in [0.15, 0.2) is 170 Å². The minimum Gasteiger partial charge on any atom is -0.236 e. The molecule has 54 heavy (non-hydrogen) atoms. The summed E-state index contributed by atoms with van der Waals surface area (Å²) < 4.78 is 3.70. The van der Waals surface area contributed by atoms with E-state index in [0.717, 1.165) is 48.9 Å². The largest absolute Gasteiger partial charge is 0.236 e. The SMILES string of the molecule is c1ccc(-c2nc(-c3ccc4ccccc4c3)nc(-c3ccc(-c4c5sc(-c6ccccc6)nc5cc5sc6ccccc6c45)c4ccccc34)n2)cc1. The highest BCUT2D eigenvalue weighted by atomic mass is 32.1. The molecule has 0 spiro atoms. The van der Waals surface area contributed by atoms with Gasteiger partial charge in [0.1, 0.15) is 5.01 Å². The van der Waals surface area contributed by atoms with Crippen molar-refractivity contribution >= 4 is 74.6 Å². The molecule has 0 N–H and O–H groups in total. The van der Waals surface area contributed by atoms with Gasteiger partial charge in [0.15, 0.2) is 17.5 Å². The van der Waals surface area contributed by atoms with Crippen LogP contribution in [0.25, 0.3) is 108 Å². The molecule has 252 valence electrons. The van der Waals surface area contributed by atoms with Crippen molar-refractivity contribution in [1.82, 2.24) is 19.9 Å². The molecule has 8 aromatic carbocycles. The Labute approximate surface area is 318 Å². The maximum Gasteiger partial charge on any atom is 0.164 e. The number of hydrogen-bond donors (Lipinski definition) is 0. The van der Waals surface area contributed by atoms with Crippen molar-refractivity contribution < 1.29 is 0 Å². The van der Waals surface area contributed by atoms with Crippen molar-refractivity contribution in [2.24, 2.45) is 0 Å². The van der Waals surface area contributed by atoms with Gasteiger partial charge in [0.25, 0.3) is 0 Å². The zero-order valence-corrected chi connectivity index (χ0v) is 30.4. The lowest BCUT2D eigenvalue weighted by atomic mass is 9.92. The summed E-state index contributed by atoms with van der Waals surface area (Å²) in [6.45, 7) is 0. The fourth-order valence-corrected chi connectivity index (χ4v) is 9.88. The standard InChI is InChI=1S/C48H28N4S2/c1-3-14-30(15-4-1)45-50-46(33-24-23-29-13-7-8-18-32(29)27-33)52-47(51-45)37-26-25-36(34-19-9-10-20-35(34)37)43-42-38-21-11-12-22-40(38)53-41(42)28-39-44(43)54-48(49-39)31-16-5-2-6-17-31/h1-28H. The average molecular weight is 725 g/mol. The van der Waals surface area contributed by atoms with Crippen LogP contribution in [-0.2, 0) is 0 Å². The minimum atomic E-state index is 0.642. The molecule has 0 amide bonds. The van der Waals surface area contributed by atoms with Crippen LogP contribution in [0.2, 0.25) is 0 Å². The number of nitrogens with zero attached hydrogens (tertiary/aromatic N) is 4. The first-order valence-corrected chi connectivity index (χ1v) is 19.5. The van der Waals surface area contributed by atoms with Crippen molar-refractivity contribution in [2.75, 3.05) is 0 Å². The van der Waals surface area contributed by atoms with Crippen molar-refractivity contribution in [2.45, 2.75) is 0 Å². The smallest absolute Gasteiger partial charge is 0.164 e. The van der Waals surface area contributed by atoms with E-state index < -0.39 is 0 Å². The van der Waals surface area contributed by atoms with Gasteiger partial charge in [-0.15, -0.1) is 22.7 Å². The highest BCUT2D eigenvalue weighted by Gasteiger charge is 2.22. The number of hydrogen-bond acceptors (Lipinski definition) is 6. The lowest BCUT2D eigenvalue weighted by Gasteiger charge is -2.14. The predicted molar refractivity (Wildman–Crippen MR) is 228 cm³/mol. The van der Waals surface area contributed by atoms with Gasteiger partial charge in [-0.05, 0) is 51.4 Å². The summed E-state index contributed by atoms with van der Waals surface area (Å²) in [6, 6.07) is 59.6. The van der Waals surface area contributed by atoms with Gasteiger partial charge < -0.3 is 0 Å². The van der Waals surface area contributed by atoms with Gasteiger partial charge in [0, 0.05) is 48.0 Å². The summed E-state index contributed by atoms with van der Waals surface area (Å²) in [6.07, 6.45) is 0. The second-order valence-corrected chi connectivity index (χ2v) is 15.5. The first kappa shape index (κ1) is 31.0. The third-order valence-corrected chi connectivity index (χ3v) is 12.4. The maximum atomic E-state index is 5.23. The number of rotatable bonds is 5. The summed E-state index contributed by atoms with van der Waals surface area (Å²) in [4.78, 5) is 20.6. The highest BCUT2D eigenvalue weighted by Crippen LogP contribution is 2.49. The van der Waals surface area contributed by atoms with Crippen LogP contribution in [0, 0.1) is 0 Å². The molecule has 0 radical (unpaired) electrons. The summed E-state index contributed by atoms with van der Waals surface area (Å²) in [5.74, 6) is 1.93. The van der Waals surface area contributed by atoms with Gasteiger partial charge >= 0.3 is 0 Å². The van der Waals surface area contributed by atoms with E-state index in [1.807, 2.05) is 29.5 Å². The molecular weight excluding hydrogens is 697 g/mol. The molecule has 0 fully saturated rings. The molecule has 0 saturated carbocycles. The number of thiazole rings is 1. The van der Waals surface area contributed by atoms with E-state index in [2.05, 4.69) is 152 Å². The van der Waals surface area contributed by atoms with Crippen molar-refractivity contribution in [3.05, 3.63) is 170 Å². The van der Waals surface area contributed by atoms with Gasteiger partial charge in [0.05, 0.1) is 10.2 Å². The van der Waals surface area contributed by atoms with Crippen LogP contribution in [0.3, 0.4) is 0 Å². The molecule has 3 heterocycles. The Morgan fingerprint density at radius 3 is 1.78 bits per heavy atom. The molecular formula is C48H28N4S2. The van der Waals surface area contributed by atoms with Gasteiger partial charge in [-0.3, -0.25) is 0 Å². The zero-order chi connectivity index (χ0) is 35.6. The van der Waals surface area contributed by atoms with Crippen LogP contribution < -0.4 is 0 Å². The van der Waals surface area contributed by atoms with E-state index >= 15 is 0 Å². The van der Waals surface area contributed by atoms with Gasteiger partial charge in [0.2, 0.25) is 0 Å². The number of thiophene rings is 1. The lowest BCUT2D eigenvalue weighted by Crippen LogP contribution is -2.01. The monoisotopic (exact) mass is 724 g/mol. The van der Waals surface area contributed by atoms with E-state index in [1.54, 1.807) is 11.3 Å². The van der Waals surface area contributed by atoms with Gasteiger partial charge in [-0.25, -0.2) is 19.9 Å². The van der Waals surface area contributed by atoms with E-state index in [4.69, 9.17) is 19.9 Å². The zero-order valence-electron chi connectivity index (χ0n) is 28.8. The van der Waals surface area contributed by atoms with Crippen LogP contribution in [-0.4, -0.2) is 19.9 Å². The molecule has 11 aromatic rings. The van der Waals surface area contributed by atoms with Crippen molar-refractivity contribution in [1.29, 1.82) is 0 Å². The Balaban J connectivity index is 1.17. The molecule has 6 heteroatoms. The molecule has 11 rings (SSSR count). The molecule has 0 unspecified atom stereocenters. The second-order valence-electron chi connectivity index (χ2n) is 13.4. The topological polar surface area (TPSA) is 51.6 Å². The molecule has 0 aliphatic heterocycles. The first-order valence-electron chi connectivity index (χ1n) is 17.9. The Morgan fingerprint density at radius 1 is 0.370 bits per heavy atom. The van der Waals surface area contributed by atoms with Gasteiger partial charge in [-0.1, -0.05) is 146 Å². The first-order chi connectivity index (χ1) is 26.7. The predicted octanol–water partition coefficient (Wildman–Crippen LogP) is 13.5. The summed E-state index contributed by atoms with van der Waals surface area (Å²) in [5.41, 5.74) is 7.40.